The maximum atomic E-state index is 14.9. The lowest BCUT2D eigenvalue weighted by molar-refractivity contribution is -0.131. The number of rotatable bonds is 15. The van der Waals surface area contributed by atoms with Crippen molar-refractivity contribution in [3.05, 3.63) is 99.0 Å². The van der Waals surface area contributed by atoms with Gasteiger partial charge in [-0.1, -0.05) is 31.2 Å². The van der Waals surface area contributed by atoms with Crippen molar-refractivity contribution in [3.8, 4) is 0 Å². The first-order valence-electron chi connectivity index (χ1n) is 20.9. The molecule has 0 radical (unpaired) electrons. The van der Waals surface area contributed by atoms with Crippen LogP contribution >= 0.6 is 0 Å². The van der Waals surface area contributed by atoms with Gasteiger partial charge < -0.3 is 34.8 Å². The average Bonchev–Trinajstić information content (AvgIpc) is 3.25. The second kappa shape index (κ2) is 20.7. The van der Waals surface area contributed by atoms with Crippen molar-refractivity contribution >= 4 is 40.3 Å². The number of piperazine rings is 1. The monoisotopic (exact) mass is 841 g/mol. The number of carbonyl (C=O) groups excluding carboxylic acids is 4. The van der Waals surface area contributed by atoms with Crippen molar-refractivity contribution in [2.75, 3.05) is 84.0 Å². The summed E-state index contributed by atoms with van der Waals surface area (Å²) in [6.07, 6.45) is 3.38. The Labute approximate surface area is 354 Å². The van der Waals surface area contributed by atoms with E-state index in [1.54, 1.807) is 61.0 Å². The van der Waals surface area contributed by atoms with Crippen LogP contribution in [0.3, 0.4) is 0 Å². The van der Waals surface area contributed by atoms with E-state index in [0.717, 1.165) is 38.0 Å². The van der Waals surface area contributed by atoms with Crippen LogP contribution in [0.5, 0.6) is 0 Å². The van der Waals surface area contributed by atoms with Crippen molar-refractivity contribution in [1.82, 2.24) is 40.5 Å². The van der Waals surface area contributed by atoms with Gasteiger partial charge in [0.1, 0.15) is 11.4 Å². The second-order valence-corrected chi connectivity index (χ2v) is 16.3. The number of aromatic nitrogens is 3. The number of aromatic amines is 1. The Hall–Kier alpha value is -5.78. The van der Waals surface area contributed by atoms with Crippen LogP contribution in [0.4, 0.5) is 14.9 Å². The molecule has 4 aromatic rings. The molecule has 0 spiro atoms. The Morgan fingerprint density at radius 3 is 2.44 bits per heavy atom. The molecule has 2 aromatic heterocycles. The van der Waals surface area contributed by atoms with Gasteiger partial charge in [-0.15, -0.1) is 0 Å². The number of anilines is 1. The number of pyridine rings is 1. The van der Waals surface area contributed by atoms with Gasteiger partial charge in [-0.05, 0) is 88.0 Å². The summed E-state index contributed by atoms with van der Waals surface area (Å²) in [5, 5.41) is 16.5. The van der Waals surface area contributed by atoms with Gasteiger partial charge in [0.05, 0.1) is 42.1 Å². The van der Waals surface area contributed by atoms with Crippen LogP contribution in [0.1, 0.15) is 84.1 Å². The van der Waals surface area contributed by atoms with Crippen molar-refractivity contribution < 1.29 is 33.0 Å². The van der Waals surface area contributed by atoms with Gasteiger partial charge in [0.2, 0.25) is 5.91 Å². The fourth-order valence-electron chi connectivity index (χ4n) is 7.56. The first kappa shape index (κ1) is 44.8. The van der Waals surface area contributed by atoms with Crippen LogP contribution in [0.25, 0.3) is 10.8 Å². The summed E-state index contributed by atoms with van der Waals surface area (Å²) < 4.78 is 26.1. The summed E-state index contributed by atoms with van der Waals surface area (Å²) >= 11 is 0. The summed E-state index contributed by atoms with van der Waals surface area (Å²) in [7, 11) is 0. The number of likely N-dealkylation sites (tertiary alicyclic amines) is 1. The molecule has 17 heteroatoms. The Balaban J connectivity index is 0.904. The van der Waals surface area contributed by atoms with Gasteiger partial charge in [-0.25, -0.2) is 19.3 Å². The molecule has 0 aliphatic carbocycles. The van der Waals surface area contributed by atoms with Gasteiger partial charge in [0.15, 0.2) is 5.69 Å². The quantitative estimate of drug-likeness (QED) is 0.127. The minimum atomic E-state index is -0.720. The molecular formula is C44H56FN9O7. The number of hydrogen-bond acceptors (Lipinski definition) is 11. The number of fused-ring (bicyclic) bond motifs is 1. The number of hydrogen-bond donors (Lipinski definition) is 4. The Morgan fingerprint density at radius 2 is 1.69 bits per heavy atom. The number of H-pyrrole nitrogens is 1. The molecule has 1 unspecified atom stereocenters. The molecule has 4 heterocycles. The lowest BCUT2D eigenvalue weighted by Crippen LogP contribution is -2.52. The van der Waals surface area contributed by atoms with Crippen molar-refractivity contribution in [2.24, 2.45) is 0 Å². The predicted octanol–water partition coefficient (Wildman–Crippen LogP) is 3.91. The molecule has 0 bridgehead atoms. The molecule has 326 valence electrons. The third-order valence-electron chi connectivity index (χ3n) is 10.7. The molecule has 2 aliphatic rings. The maximum absolute atomic E-state index is 14.9. The molecule has 16 nitrogen and oxygen atoms in total. The van der Waals surface area contributed by atoms with E-state index in [1.165, 1.54) is 12.1 Å². The molecule has 2 fully saturated rings. The molecule has 2 aliphatic heterocycles. The Morgan fingerprint density at radius 1 is 0.951 bits per heavy atom. The summed E-state index contributed by atoms with van der Waals surface area (Å²) in [5.41, 5.74) is 1.52. The van der Waals surface area contributed by atoms with Crippen LogP contribution in [-0.4, -0.2) is 138 Å². The number of nitrogens with zero attached hydrogens (tertiary/aromatic N) is 5. The van der Waals surface area contributed by atoms with E-state index in [-0.39, 0.29) is 73.5 Å². The fourth-order valence-corrected chi connectivity index (χ4v) is 7.56. The zero-order chi connectivity index (χ0) is 43.5. The van der Waals surface area contributed by atoms with Crippen molar-refractivity contribution in [2.45, 2.75) is 58.5 Å². The largest absolute Gasteiger partial charge is 0.444 e. The number of ether oxygens (including phenoxy) is 2. The molecule has 1 atom stereocenters. The first-order chi connectivity index (χ1) is 29.3. The Kier molecular flexibility index (Phi) is 15.2. The highest BCUT2D eigenvalue weighted by molar-refractivity contribution is 6.01. The number of benzene rings is 2. The Bertz CT molecular complexity index is 2250. The predicted molar refractivity (Wildman–Crippen MR) is 228 cm³/mol. The minimum Gasteiger partial charge on any atom is -0.444 e. The highest BCUT2D eigenvalue weighted by atomic mass is 19.1. The van der Waals surface area contributed by atoms with E-state index in [1.807, 2.05) is 12.1 Å². The normalized spacial score (nSPS) is 16.0. The standard InChI is InChI=1S/C44H56FN9O7/c1-5-52-16-8-9-30(28-52)31-25-37(49-43(59)61-44(2,3)4)39(48-26-31)41(57)47-15-22-60-21-14-46-27-38(55)53-17-19-54(20-18-53)42(58)34-23-29(12-13-35(34)45)24-36-32-10-6-7-11-33(32)40(56)51-50-36/h6-7,10-13,23,25-26,30,46H,5,8-9,14-22,24,27-28H2,1-4H3,(H,47,57)(H,49,59)(H,51,56). The zero-order valence-corrected chi connectivity index (χ0v) is 35.4. The maximum Gasteiger partial charge on any atom is 0.412 e. The van der Waals surface area contributed by atoms with Crippen LogP contribution in [0.2, 0.25) is 0 Å². The van der Waals surface area contributed by atoms with Gasteiger partial charge in [0, 0.05) is 63.8 Å². The van der Waals surface area contributed by atoms with Gasteiger partial charge in [0.25, 0.3) is 17.4 Å². The third-order valence-corrected chi connectivity index (χ3v) is 10.7. The number of piperidine rings is 1. The lowest BCUT2D eigenvalue weighted by Gasteiger charge is -2.35. The van der Waals surface area contributed by atoms with E-state index in [0.29, 0.717) is 48.3 Å². The SMILES string of the molecule is CCN1CCCC(c2cnc(C(=O)NCCOCCNCC(=O)N3CCN(C(=O)c4cc(Cc5n[nH]c(=O)c6ccccc56)ccc4F)CC3)c(NC(=O)OC(C)(C)C)c2)C1. The summed E-state index contributed by atoms with van der Waals surface area (Å²) in [6.45, 7) is 12.6. The zero-order valence-electron chi connectivity index (χ0n) is 35.4. The number of amides is 4. The van der Waals surface area contributed by atoms with Crippen LogP contribution < -0.4 is 21.5 Å². The van der Waals surface area contributed by atoms with E-state index in [2.05, 4.69) is 43.0 Å². The van der Waals surface area contributed by atoms with E-state index < -0.39 is 29.3 Å². The summed E-state index contributed by atoms with van der Waals surface area (Å²) in [6, 6.07) is 13.3. The molecule has 2 aromatic carbocycles. The first-order valence-corrected chi connectivity index (χ1v) is 20.9. The molecule has 2 saturated heterocycles. The molecule has 0 saturated carbocycles. The minimum absolute atomic E-state index is 0.0592. The number of halogens is 1. The van der Waals surface area contributed by atoms with E-state index in [9.17, 15) is 28.4 Å². The molecule has 6 rings (SSSR count). The smallest absolute Gasteiger partial charge is 0.412 e. The van der Waals surface area contributed by atoms with Gasteiger partial charge in [-0.3, -0.25) is 24.5 Å². The fraction of sp³-hybridized carbons (Fsp3) is 0.477. The highest BCUT2D eigenvalue weighted by Crippen LogP contribution is 2.29. The van der Waals surface area contributed by atoms with E-state index in [4.69, 9.17) is 9.47 Å². The number of nitrogens with one attached hydrogen (secondary N) is 4. The summed E-state index contributed by atoms with van der Waals surface area (Å²) in [5.74, 6) is -1.45. The van der Waals surface area contributed by atoms with Gasteiger partial charge >= 0.3 is 6.09 Å². The summed E-state index contributed by atoms with van der Waals surface area (Å²) in [4.78, 5) is 74.5. The molecule has 4 N–H and O–H groups in total. The molecular weight excluding hydrogens is 786 g/mol. The van der Waals surface area contributed by atoms with Crippen LogP contribution in [0.15, 0.2) is 59.5 Å². The van der Waals surface area contributed by atoms with Crippen LogP contribution in [0, 0.1) is 5.82 Å². The topological polar surface area (TPSA) is 191 Å². The number of carbonyl (C=O) groups is 4. The molecule has 4 amide bonds. The van der Waals surface area contributed by atoms with Crippen LogP contribution in [-0.2, 0) is 20.7 Å². The van der Waals surface area contributed by atoms with E-state index >= 15 is 0 Å². The highest BCUT2D eigenvalue weighted by Gasteiger charge is 2.28. The molecule has 61 heavy (non-hydrogen) atoms. The van der Waals surface area contributed by atoms with Crippen molar-refractivity contribution in [3.63, 3.8) is 0 Å². The second-order valence-electron chi connectivity index (χ2n) is 16.3. The number of likely N-dealkylation sites (N-methyl/N-ethyl adjacent to an activating group) is 1. The third kappa shape index (κ3) is 12.2. The van der Waals surface area contributed by atoms with Gasteiger partial charge in [-0.2, -0.15) is 5.10 Å². The average molecular weight is 842 g/mol. The van der Waals surface area contributed by atoms with Crippen molar-refractivity contribution in [1.29, 1.82) is 0 Å². The lowest BCUT2D eigenvalue weighted by atomic mass is 9.91.